The van der Waals surface area contributed by atoms with Crippen LogP contribution in [0.1, 0.15) is 69.6 Å². The number of alkyl halides is 3. The number of amides is 3. The van der Waals surface area contributed by atoms with E-state index < -0.39 is 24.7 Å². The van der Waals surface area contributed by atoms with Crippen molar-refractivity contribution in [1.29, 1.82) is 0 Å². The van der Waals surface area contributed by atoms with Gasteiger partial charge in [0.1, 0.15) is 39.6 Å². The van der Waals surface area contributed by atoms with E-state index in [1.807, 2.05) is 36.4 Å². The molecule has 2 aliphatic heterocycles. The maximum absolute atomic E-state index is 12.9. The predicted molar refractivity (Wildman–Crippen MR) is 219 cm³/mol. The third kappa shape index (κ3) is 10.5. The molecule has 10 rings (SSSR count). The zero-order valence-corrected chi connectivity index (χ0v) is 34.0. The Labute approximate surface area is 356 Å². The SMILES string of the molecule is CN(C(=O)c1ccc2nonc2c1)c1ccccc1.O=C(c1ccc2nonc2c1)N(C1CCOCC1)C1CC1.O=C(c1ccc2nonc2c1)N(CC(F)(F)F)C1CCOCC1. The van der Waals surface area contributed by atoms with Crippen LogP contribution >= 0.6 is 0 Å². The summed E-state index contributed by atoms with van der Waals surface area (Å²) in [5, 5.41) is 22.3. The quantitative estimate of drug-likeness (QED) is 0.153. The highest BCUT2D eigenvalue weighted by Crippen LogP contribution is 2.33. The lowest BCUT2D eigenvalue weighted by atomic mass is 10.0. The highest BCUT2D eigenvalue weighted by molar-refractivity contribution is 6.07. The highest BCUT2D eigenvalue weighted by atomic mass is 19.4. The van der Waals surface area contributed by atoms with Crippen molar-refractivity contribution in [1.82, 2.24) is 40.7 Å². The number of fused-ring (bicyclic) bond motifs is 3. The Kier molecular flexibility index (Phi) is 13.0. The van der Waals surface area contributed by atoms with Crippen molar-refractivity contribution >= 4 is 56.5 Å². The molecular weight excluding hydrogens is 828 g/mol. The summed E-state index contributed by atoms with van der Waals surface area (Å²) in [6.07, 6.45) is 0.373. The molecule has 328 valence electrons. The average molecular weight is 870 g/mol. The first-order valence-electron chi connectivity index (χ1n) is 20.4. The Morgan fingerprint density at radius 3 is 1.41 bits per heavy atom. The molecule has 0 atom stereocenters. The fourth-order valence-electron chi connectivity index (χ4n) is 7.53. The number of anilines is 1. The van der Waals surface area contributed by atoms with Gasteiger partial charge in [-0.05, 0) is 136 Å². The molecule has 0 unspecified atom stereocenters. The van der Waals surface area contributed by atoms with Crippen LogP contribution in [0.3, 0.4) is 0 Å². The molecule has 2 saturated heterocycles. The summed E-state index contributed by atoms with van der Waals surface area (Å²) >= 11 is 0. The van der Waals surface area contributed by atoms with E-state index in [2.05, 4.69) is 45.1 Å². The zero-order chi connectivity index (χ0) is 43.9. The molecule has 0 N–H and O–H groups in total. The van der Waals surface area contributed by atoms with E-state index >= 15 is 0 Å². The summed E-state index contributed by atoms with van der Waals surface area (Å²) in [4.78, 5) is 42.4. The number of carbonyl (C=O) groups excluding carboxylic acids is 3. The van der Waals surface area contributed by atoms with E-state index in [1.54, 1.807) is 42.3 Å². The minimum absolute atomic E-state index is 0.0919. The molecule has 3 aliphatic rings. The number of halogens is 3. The van der Waals surface area contributed by atoms with Crippen LogP contribution in [0.4, 0.5) is 18.9 Å². The minimum atomic E-state index is -4.46. The highest BCUT2D eigenvalue weighted by Gasteiger charge is 2.39. The molecule has 17 nitrogen and oxygen atoms in total. The lowest BCUT2D eigenvalue weighted by Crippen LogP contribution is -2.47. The Morgan fingerprint density at radius 1 is 0.540 bits per heavy atom. The summed E-state index contributed by atoms with van der Waals surface area (Å²) < 4.78 is 63.1. The monoisotopic (exact) mass is 869 g/mol. The third-order valence-electron chi connectivity index (χ3n) is 11.0. The summed E-state index contributed by atoms with van der Waals surface area (Å²) in [6.45, 7) is 0.892. The minimum Gasteiger partial charge on any atom is -0.381 e. The van der Waals surface area contributed by atoms with E-state index in [0.717, 1.165) is 49.5 Å². The van der Waals surface area contributed by atoms with Gasteiger partial charge in [0.15, 0.2) is 0 Å². The van der Waals surface area contributed by atoms with Crippen LogP contribution in [-0.2, 0) is 9.47 Å². The molecule has 4 aromatic carbocycles. The first kappa shape index (κ1) is 42.9. The number of hydrogen-bond acceptors (Lipinski definition) is 14. The smallest absolute Gasteiger partial charge is 0.381 e. The van der Waals surface area contributed by atoms with E-state index in [-0.39, 0.29) is 17.4 Å². The molecule has 7 aromatic rings. The molecule has 3 aromatic heterocycles. The van der Waals surface area contributed by atoms with Crippen molar-refractivity contribution in [2.75, 3.05) is 44.9 Å². The number of benzene rings is 4. The second kappa shape index (κ2) is 19.1. The van der Waals surface area contributed by atoms with Crippen molar-refractivity contribution in [2.24, 2.45) is 0 Å². The molecule has 20 heteroatoms. The van der Waals surface area contributed by atoms with E-state index in [4.69, 9.17) is 14.1 Å². The Morgan fingerprint density at radius 2 is 0.952 bits per heavy atom. The van der Waals surface area contributed by atoms with Gasteiger partial charge in [0.05, 0.1) is 0 Å². The Bertz CT molecular complexity index is 2660. The number of para-hydroxylation sites is 1. The van der Waals surface area contributed by atoms with Crippen molar-refractivity contribution in [3.05, 3.63) is 102 Å². The number of ether oxygens (including phenoxy) is 2. The topological polar surface area (TPSA) is 196 Å². The van der Waals surface area contributed by atoms with Crippen molar-refractivity contribution in [3.8, 4) is 0 Å². The standard InChI is InChI=1S/C15H17N3O3.C14H14F3N3O3.C14H11N3O2/c19-15(10-1-4-13-14(9-10)17-21-16-13)18(11-2-3-11)12-5-7-20-8-6-12;15-14(16,17)8-20(10-3-5-22-6-4-10)13(21)9-1-2-11-12(7-9)19-23-18-11;1-17(11-5-3-2-4-6-11)14(18)10-7-8-12-13(9-10)16-19-15-12/h1,4,9,11-12H,2-3,5-8H2;1-2,7,10H,3-6,8H2;2-9H,1H3. The van der Waals surface area contributed by atoms with Gasteiger partial charge in [-0.3, -0.25) is 14.4 Å². The van der Waals surface area contributed by atoms with Crippen molar-refractivity contribution < 1.29 is 50.9 Å². The van der Waals surface area contributed by atoms with E-state index in [1.165, 1.54) is 18.2 Å². The lowest BCUT2D eigenvalue weighted by Gasteiger charge is -2.34. The van der Waals surface area contributed by atoms with E-state index in [9.17, 15) is 27.6 Å². The van der Waals surface area contributed by atoms with Crippen LogP contribution in [0.15, 0.2) is 98.8 Å². The van der Waals surface area contributed by atoms with Gasteiger partial charge < -0.3 is 24.2 Å². The van der Waals surface area contributed by atoms with Crippen molar-refractivity contribution in [2.45, 2.75) is 62.8 Å². The molecule has 63 heavy (non-hydrogen) atoms. The summed E-state index contributed by atoms with van der Waals surface area (Å²) in [6, 6.07) is 24.4. The molecule has 3 amide bonds. The molecule has 0 bridgehead atoms. The van der Waals surface area contributed by atoms with E-state index in [0.29, 0.717) is 82.4 Å². The van der Waals surface area contributed by atoms with Gasteiger partial charge in [0.25, 0.3) is 17.7 Å². The van der Waals surface area contributed by atoms with Gasteiger partial charge in [0.2, 0.25) is 0 Å². The largest absolute Gasteiger partial charge is 0.406 e. The van der Waals surface area contributed by atoms with Crippen LogP contribution in [0, 0.1) is 0 Å². The molecule has 0 spiro atoms. The second-order valence-corrected chi connectivity index (χ2v) is 15.3. The summed E-state index contributed by atoms with van der Waals surface area (Å²) in [7, 11) is 1.74. The molecule has 3 fully saturated rings. The molecular formula is C43H42F3N9O8. The molecule has 5 heterocycles. The third-order valence-corrected chi connectivity index (χ3v) is 11.0. The fraction of sp³-hybridized carbons (Fsp3) is 0.372. The van der Waals surface area contributed by atoms with Gasteiger partial charge >= 0.3 is 6.18 Å². The fourth-order valence-corrected chi connectivity index (χ4v) is 7.53. The van der Waals surface area contributed by atoms with Crippen LogP contribution in [-0.4, -0.2) is 123 Å². The van der Waals surface area contributed by atoms with Gasteiger partial charge in [-0.15, -0.1) is 0 Å². The van der Waals surface area contributed by atoms with Crippen LogP contribution < -0.4 is 4.90 Å². The summed E-state index contributed by atoms with van der Waals surface area (Å²) in [5.74, 6) is -0.690. The number of carbonyl (C=O) groups is 3. The second-order valence-electron chi connectivity index (χ2n) is 15.3. The maximum atomic E-state index is 12.9. The normalized spacial score (nSPS) is 15.9. The number of aromatic nitrogens is 6. The van der Waals surface area contributed by atoms with Crippen molar-refractivity contribution in [3.63, 3.8) is 0 Å². The number of rotatable bonds is 8. The van der Waals surface area contributed by atoms with Crippen LogP contribution in [0.25, 0.3) is 33.1 Å². The summed E-state index contributed by atoms with van der Waals surface area (Å²) in [5.41, 5.74) is 5.47. The van der Waals surface area contributed by atoms with Gasteiger partial charge in [-0.2, -0.15) is 13.2 Å². The first-order valence-corrected chi connectivity index (χ1v) is 20.4. The lowest BCUT2D eigenvalue weighted by molar-refractivity contribution is -0.147. The number of hydrogen-bond donors (Lipinski definition) is 0. The maximum Gasteiger partial charge on any atom is 0.406 e. The molecule has 0 radical (unpaired) electrons. The Hall–Kier alpha value is -6.80. The van der Waals surface area contributed by atoms with Gasteiger partial charge in [-0.1, -0.05) is 18.2 Å². The molecule has 1 aliphatic carbocycles. The zero-order valence-electron chi connectivity index (χ0n) is 34.0. The van der Waals surface area contributed by atoms with Gasteiger partial charge in [0, 0.05) is 74.0 Å². The average Bonchev–Trinajstić information content (AvgIpc) is 3.63. The molecule has 1 saturated carbocycles. The predicted octanol–water partition coefficient (Wildman–Crippen LogP) is 6.91. The number of nitrogens with zero attached hydrogens (tertiary/aromatic N) is 9. The van der Waals surface area contributed by atoms with Crippen LogP contribution in [0.5, 0.6) is 0 Å². The van der Waals surface area contributed by atoms with Gasteiger partial charge in [-0.25, -0.2) is 13.9 Å². The van der Waals surface area contributed by atoms with Crippen LogP contribution in [0.2, 0.25) is 0 Å². The first-order chi connectivity index (χ1) is 30.5. The Balaban J connectivity index is 0.000000130.